The SMILES string of the molecule is COc1ccccc1Cc1cnc([C@@H]2CCCN(C(=O)c3cc(C(C)C)nn3C)C2)o1. The Morgan fingerprint density at radius 3 is 2.87 bits per heavy atom. The van der Waals surface area contributed by atoms with Crippen LogP contribution in [0.4, 0.5) is 0 Å². The monoisotopic (exact) mass is 422 g/mol. The van der Waals surface area contributed by atoms with Crippen molar-refractivity contribution >= 4 is 5.91 Å². The van der Waals surface area contributed by atoms with Gasteiger partial charge in [0.2, 0.25) is 0 Å². The van der Waals surface area contributed by atoms with Crippen LogP contribution in [-0.4, -0.2) is 45.8 Å². The molecule has 1 atom stereocenters. The van der Waals surface area contributed by atoms with Crippen molar-refractivity contribution in [1.29, 1.82) is 0 Å². The molecule has 0 spiro atoms. The molecular weight excluding hydrogens is 392 g/mol. The first kappa shape index (κ1) is 21.2. The lowest BCUT2D eigenvalue weighted by molar-refractivity contribution is 0.0686. The molecule has 3 heterocycles. The minimum absolute atomic E-state index is 0.0207. The molecule has 1 fully saturated rings. The topological polar surface area (TPSA) is 73.4 Å². The van der Waals surface area contributed by atoms with Crippen molar-refractivity contribution in [2.75, 3.05) is 20.2 Å². The number of carbonyl (C=O) groups is 1. The number of methoxy groups -OCH3 is 1. The molecule has 0 saturated carbocycles. The van der Waals surface area contributed by atoms with Crippen molar-refractivity contribution in [3.05, 3.63) is 65.1 Å². The fraction of sp³-hybridized carbons (Fsp3) is 0.458. The summed E-state index contributed by atoms with van der Waals surface area (Å²) in [6.45, 7) is 5.51. The minimum atomic E-state index is 0.0207. The molecule has 0 aliphatic carbocycles. The maximum atomic E-state index is 13.2. The highest BCUT2D eigenvalue weighted by molar-refractivity contribution is 5.92. The van der Waals surface area contributed by atoms with Gasteiger partial charge in [-0.05, 0) is 30.9 Å². The van der Waals surface area contributed by atoms with Gasteiger partial charge in [-0.15, -0.1) is 0 Å². The second-order valence-corrected chi connectivity index (χ2v) is 8.48. The number of hydrogen-bond donors (Lipinski definition) is 0. The van der Waals surface area contributed by atoms with Gasteiger partial charge in [-0.3, -0.25) is 9.48 Å². The molecule has 1 aromatic carbocycles. The van der Waals surface area contributed by atoms with Crippen LogP contribution in [0.1, 0.15) is 71.9 Å². The normalized spacial score (nSPS) is 16.7. The zero-order valence-electron chi connectivity index (χ0n) is 18.7. The van der Waals surface area contributed by atoms with Crippen LogP contribution in [0.15, 0.2) is 40.9 Å². The van der Waals surface area contributed by atoms with Crippen LogP contribution in [0.3, 0.4) is 0 Å². The molecule has 0 bridgehead atoms. The average Bonchev–Trinajstić information content (AvgIpc) is 3.40. The summed E-state index contributed by atoms with van der Waals surface area (Å²) < 4.78 is 13.2. The Morgan fingerprint density at radius 1 is 1.32 bits per heavy atom. The minimum Gasteiger partial charge on any atom is -0.496 e. The number of likely N-dealkylation sites (tertiary alicyclic amines) is 1. The van der Waals surface area contributed by atoms with Gasteiger partial charge >= 0.3 is 0 Å². The maximum absolute atomic E-state index is 13.2. The number of rotatable bonds is 6. The molecule has 0 unspecified atom stereocenters. The van der Waals surface area contributed by atoms with E-state index in [1.807, 2.05) is 42.3 Å². The number of hydrogen-bond acceptors (Lipinski definition) is 5. The fourth-order valence-corrected chi connectivity index (χ4v) is 4.13. The lowest BCUT2D eigenvalue weighted by Crippen LogP contribution is -2.40. The van der Waals surface area contributed by atoms with E-state index in [0.717, 1.165) is 42.2 Å². The number of para-hydroxylation sites is 1. The van der Waals surface area contributed by atoms with Crippen molar-refractivity contribution in [3.63, 3.8) is 0 Å². The summed E-state index contributed by atoms with van der Waals surface area (Å²) in [4.78, 5) is 19.6. The van der Waals surface area contributed by atoms with Crippen LogP contribution in [0, 0.1) is 0 Å². The van der Waals surface area contributed by atoms with Crippen molar-refractivity contribution < 1.29 is 13.9 Å². The quantitative estimate of drug-likeness (QED) is 0.597. The molecule has 7 heteroatoms. The van der Waals surface area contributed by atoms with Crippen LogP contribution in [0.2, 0.25) is 0 Å². The van der Waals surface area contributed by atoms with Gasteiger partial charge < -0.3 is 14.1 Å². The highest BCUT2D eigenvalue weighted by Crippen LogP contribution is 2.29. The predicted octanol–water partition coefficient (Wildman–Crippen LogP) is 4.15. The maximum Gasteiger partial charge on any atom is 0.272 e. The summed E-state index contributed by atoms with van der Waals surface area (Å²) in [5.74, 6) is 2.75. The molecular formula is C24H30N4O3. The first-order valence-electron chi connectivity index (χ1n) is 10.9. The highest BCUT2D eigenvalue weighted by atomic mass is 16.5. The van der Waals surface area contributed by atoms with Gasteiger partial charge in [-0.1, -0.05) is 32.0 Å². The van der Waals surface area contributed by atoms with Crippen LogP contribution in [-0.2, 0) is 13.5 Å². The number of benzene rings is 1. The van der Waals surface area contributed by atoms with Crippen LogP contribution < -0.4 is 4.74 Å². The van der Waals surface area contributed by atoms with E-state index in [-0.39, 0.29) is 17.7 Å². The fourth-order valence-electron chi connectivity index (χ4n) is 4.13. The van der Waals surface area contributed by atoms with Crippen molar-refractivity contribution in [1.82, 2.24) is 19.7 Å². The van der Waals surface area contributed by atoms with Gasteiger partial charge in [-0.25, -0.2) is 4.98 Å². The van der Waals surface area contributed by atoms with E-state index in [9.17, 15) is 4.79 Å². The summed E-state index contributed by atoms with van der Waals surface area (Å²) in [5.41, 5.74) is 2.63. The predicted molar refractivity (Wildman–Crippen MR) is 117 cm³/mol. The third-order valence-corrected chi connectivity index (χ3v) is 5.90. The Morgan fingerprint density at radius 2 is 2.13 bits per heavy atom. The lowest BCUT2D eigenvalue weighted by Gasteiger charge is -2.31. The summed E-state index contributed by atoms with van der Waals surface area (Å²) in [5, 5.41) is 4.49. The van der Waals surface area contributed by atoms with Crippen LogP contribution in [0.5, 0.6) is 5.75 Å². The number of aromatic nitrogens is 3. The van der Waals surface area contributed by atoms with Gasteiger partial charge in [0, 0.05) is 32.1 Å². The van der Waals surface area contributed by atoms with E-state index in [0.29, 0.717) is 24.6 Å². The molecule has 0 N–H and O–H groups in total. The summed E-state index contributed by atoms with van der Waals surface area (Å²) >= 11 is 0. The zero-order valence-corrected chi connectivity index (χ0v) is 18.7. The van der Waals surface area contributed by atoms with Crippen molar-refractivity contribution in [3.8, 4) is 5.75 Å². The third-order valence-electron chi connectivity index (χ3n) is 5.90. The molecule has 1 amide bonds. The standard InChI is InChI=1S/C24H30N4O3/c1-16(2)20-13-21(27(3)26-20)24(29)28-11-7-9-18(15-28)23-25-14-19(31-23)12-17-8-5-6-10-22(17)30-4/h5-6,8,10,13-14,16,18H,7,9,11-12,15H2,1-4H3/t18-/m1/s1. The van der Waals surface area contributed by atoms with E-state index in [4.69, 9.17) is 9.15 Å². The smallest absolute Gasteiger partial charge is 0.272 e. The van der Waals surface area contributed by atoms with E-state index in [1.54, 1.807) is 18.0 Å². The zero-order chi connectivity index (χ0) is 22.0. The molecule has 1 saturated heterocycles. The molecule has 7 nitrogen and oxygen atoms in total. The molecule has 1 aliphatic heterocycles. The summed E-state index contributed by atoms with van der Waals surface area (Å²) in [7, 11) is 3.50. The first-order valence-corrected chi connectivity index (χ1v) is 10.9. The van der Waals surface area contributed by atoms with Gasteiger partial charge in [0.15, 0.2) is 5.89 Å². The number of oxazole rings is 1. The largest absolute Gasteiger partial charge is 0.496 e. The Labute approximate surface area is 183 Å². The number of nitrogens with zero attached hydrogens (tertiary/aromatic N) is 4. The second kappa shape index (κ2) is 8.96. The van der Waals surface area contributed by atoms with Crippen LogP contribution >= 0.6 is 0 Å². The third kappa shape index (κ3) is 4.50. The van der Waals surface area contributed by atoms with Crippen molar-refractivity contribution in [2.24, 2.45) is 7.05 Å². The number of carbonyl (C=O) groups excluding carboxylic acids is 1. The molecule has 1 aliphatic rings. The molecule has 31 heavy (non-hydrogen) atoms. The lowest BCUT2D eigenvalue weighted by atomic mass is 9.97. The van der Waals surface area contributed by atoms with Crippen molar-refractivity contribution in [2.45, 2.75) is 44.9 Å². The molecule has 2 aromatic heterocycles. The van der Waals surface area contributed by atoms with Gasteiger partial charge in [0.25, 0.3) is 5.91 Å². The van der Waals surface area contributed by atoms with Gasteiger partial charge in [0.1, 0.15) is 17.2 Å². The van der Waals surface area contributed by atoms with E-state index in [1.165, 1.54) is 0 Å². The molecule has 0 radical (unpaired) electrons. The highest BCUT2D eigenvalue weighted by Gasteiger charge is 2.30. The molecule has 4 rings (SSSR count). The Bertz CT molecular complexity index is 1050. The van der Waals surface area contributed by atoms with E-state index < -0.39 is 0 Å². The Kier molecular flexibility index (Phi) is 6.11. The number of ether oxygens (including phenoxy) is 1. The molecule has 164 valence electrons. The average molecular weight is 423 g/mol. The summed E-state index contributed by atoms with van der Waals surface area (Å²) in [6, 6.07) is 9.83. The van der Waals surface area contributed by atoms with Gasteiger partial charge in [0.05, 0.1) is 24.9 Å². The Balaban J connectivity index is 1.46. The van der Waals surface area contributed by atoms with E-state index >= 15 is 0 Å². The van der Waals surface area contributed by atoms with Gasteiger partial charge in [-0.2, -0.15) is 5.10 Å². The van der Waals surface area contributed by atoms with E-state index in [2.05, 4.69) is 23.9 Å². The summed E-state index contributed by atoms with van der Waals surface area (Å²) in [6.07, 6.45) is 4.30. The second-order valence-electron chi connectivity index (χ2n) is 8.48. The number of aryl methyl sites for hydroxylation is 1. The Hall–Kier alpha value is -3.09. The molecule has 3 aromatic rings. The first-order chi connectivity index (χ1) is 15.0. The number of amides is 1. The van der Waals surface area contributed by atoms with Crippen LogP contribution in [0.25, 0.3) is 0 Å². The number of piperidine rings is 1.